The van der Waals surface area contributed by atoms with Crippen LogP contribution in [0, 0.1) is 0 Å². The average molecular weight is 348 g/mol. The Balaban J connectivity index is 1.75. The van der Waals surface area contributed by atoms with E-state index < -0.39 is 9.84 Å². The summed E-state index contributed by atoms with van der Waals surface area (Å²) in [4.78, 5) is 18.9. The van der Waals surface area contributed by atoms with Crippen molar-refractivity contribution in [1.82, 2.24) is 19.7 Å². The molecule has 3 heterocycles. The van der Waals surface area contributed by atoms with Gasteiger partial charge in [-0.05, 0) is 31.0 Å². The summed E-state index contributed by atoms with van der Waals surface area (Å²) >= 11 is 0. The van der Waals surface area contributed by atoms with Crippen molar-refractivity contribution >= 4 is 15.7 Å². The van der Waals surface area contributed by atoms with Crippen LogP contribution in [-0.4, -0.2) is 53.3 Å². The molecule has 8 heteroatoms. The van der Waals surface area contributed by atoms with Gasteiger partial charge in [0.15, 0.2) is 9.84 Å². The van der Waals surface area contributed by atoms with E-state index >= 15 is 0 Å². The van der Waals surface area contributed by atoms with Crippen LogP contribution < -0.4 is 0 Å². The molecule has 0 aliphatic carbocycles. The highest BCUT2D eigenvalue weighted by molar-refractivity contribution is 7.90. The number of sulfone groups is 1. The number of amides is 1. The Morgan fingerprint density at radius 2 is 1.92 bits per heavy atom. The first-order valence-electron chi connectivity index (χ1n) is 7.80. The number of likely N-dealkylation sites (tertiary alicyclic amines) is 1. The Labute approximate surface area is 141 Å². The normalized spacial score (nSPS) is 16.3. The summed E-state index contributed by atoms with van der Waals surface area (Å²) < 4.78 is 25.5. The van der Waals surface area contributed by atoms with E-state index in [1.54, 1.807) is 47.2 Å². The quantitative estimate of drug-likeness (QED) is 0.833. The number of pyridine rings is 1. The van der Waals surface area contributed by atoms with Crippen molar-refractivity contribution in [2.75, 3.05) is 19.3 Å². The second-order valence-corrected chi connectivity index (χ2v) is 8.05. The number of carbonyl (C=O) groups excluding carboxylic acids is 1. The number of aryl methyl sites for hydroxylation is 1. The monoisotopic (exact) mass is 348 g/mol. The first kappa shape index (κ1) is 16.6. The predicted octanol–water partition coefficient (Wildman–Crippen LogP) is 1.24. The third kappa shape index (κ3) is 3.19. The summed E-state index contributed by atoms with van der Waals surface area (Å²) in [5, 5.41) is 4.03. The molecule has 0 spiro atoms. The van der Waals surface area contributed by atoms with Crippen LogP contribution in [0.3, 0.4) is 0 Å². The van der Waals surface area contributed by atoms with E-state index in [1.807, 2.05) is 0 Å². The van der Waals surface area contributed by atoms with Crippen molar-refractivity contribution in [2.24, 2.45) is 7.05 Å². The largest absolute Gasteiger partial charge is 0.337 e. The van der Waals surface area contributed by atoms with Crippen molar-refractivity contribution in [3.8, 4) is 0 Å². The van der Waals surface area contributed by atoms with Gasteiger partial charge in [-0.2, -0.15) is 5.10 Å². The molecule has 2 aromatic rings. The second kappa shape index (κ2) is 6.35. The fourth-order valence-electron chi connectivity index (χ4n) is 3.12. The number of hydrogen-bond donors (Lipinski definition) is 0. The first-order chi connectivity index (χ1) is 11.4. The Bertz CT molecular complexity index is 852. The van der Waals surface area contributed by atoms with Gasteiger partial charge in [0.05, 0.1) is 10.6 Å². The smallest absolute Gasteiger partial charge is 0.272 e. The number of hydrogen-bond acceptors (Lipinski definition) is 5. The number of aromatic nitrogens is 3. The van der Waals surface area contributed by atoms with Gasteiger partial charge in [-0.1, -0.05) is 0 Å². The van der Waals surface area contributed by atoms with Gasteiger partial charge in [0.25, 0.3) is 5.91 Å². The van der Waals surface area contributed by atoms with Crippen LogP contribution in [0.25, 0.3) is 0 Å². The number of piperidine rings is 1. The summed E-state index contributed by atoms with van der Waals surface area (Å²) in [6.45, 7) is 1.16. The van der Waals surface area contributed by atoms with Crippen LogP contribution in [0.1, 0.15) is 34.9 Å². The molecule has 3 rings (SSSR count). The van der Waals surface area contributed by atoms with E-state index in [0.29, 0.717) is 42.2 Å². The van der Waals surface area contributed by atoms with Crippen LogP contribution in [0.5, 0.6) is 0 Å². The standard InChI is InChI=1S/C16H20N4O3S/c1-19-13(5-9-18-19)16(21)20-10-6-12(7-11-20)15-14(24(2,22)23)4-3-8-17-15/h3-5,8-9,12H,6-7,10-11H2,1-2H3. The first-order valence-corrected chi connectivity index (χ1v) is 9.69. The van der Waals surface area contributed by atoms with Gasteiger partial charge in [-0.15, -0.1) is 0 Å². The molecule has 1 saturated heterocycles. The summed E-state index contributed by atoms with van der Waals surface area (Å²) in [5.41, 5.74) is 1.18. The van der Waals surface area contributed by atoms with Crippen LogP contribution in [0.15, 0.2) is 35.5 Å². The molecule has 0 radical (unpaired) electrons. The Morgan fingerprint density at radius 3 is 2.50 bits per heavy atom. The van der Waals surface area contributed by atoms with Crippen molar-refractivity contribution in [1.29, 1.82) is 0 Å². The van der Waals surface area contributed by atoms with Crippen molar-refractivity contribution in [3.05, 3.63) is 42.0 Å². The maximum Gasteiger partial charge on any atom is 0.272 e. The van der Waals surface area contributed by atoms with E-state index in [4.69, 9.17) is 0 Å². The van der Waals surface area contributed by atoms with E-state index in [0.717, 1.165) is 0 Å². The molecule has 24 heavy (non-hydrogen) atoms. The summed E-state index contributed by atoms with van der Waals surface area (Å²) in [6, 6.07) is 4.95. The van der Waals surface area contributed by atoms with Crippen LogP contribution in [0.2, 0.25) is 0 Å². The van der Waals surface area contributed by atoms with Gasteiger partial charge in [0.2, 0.25) is 0 Å². The summed E-state index contributed by atoms with van der Waals surface area (Å²) in [6.07, 6.45) is 5.82. The van der Waals surface area contributed by atoms with Crippen molar-refractivity contribution in [2.45, 2.75) is 23.7 Å². The van der Waals surface area contributed by atoms with Crippen LogP contribution in [0.4, 0.5) is 0 Å². The highest BCUT2D eigenvalue weighted by Crippen LogP contribution is 2.31. The van der Waals surface area contributed by atoms with E-state index in [9.17, 15) is 13.2 Å². The Morgan fingerprint density at radius 1 is 1.21 bits per heavy atom. The molecular formula is C16H20N4O3S. The lowest BCUT2D eigenvalue weighted by Gasteiger charge is -2.32. The topological polar surface area (TPSA) is 85.2 Å². The Hall–Kier alpha value is -2.22. The fourth-order valence-corrected chi connectivity index (χ4v) is 4.05. The van der Waals surface area contributed by atoms with Gasteiger partial charge in [-0.3, -0.25) is 14.5 Å². The van der Waals surface area contributed by atoms with Crippen molar-refractivity contribution < 1.29 is 13.2 Å². The van der Waals surface area contributed by atoms with E-state index in [-0.39, 0.29) is 11.8 Å². The molecule has 2 aromatic heterocycles. The molecule has 0 saturated carbocycles. The molecule has 0 unspecified atom stereocenters. The minimum Gasteiger partial charge on any atom is -0.337 e. The van der Waals surface area contributed by atoms with Crippen LogP contribution >= 0.6 is 0 Å². The fraction of sp³-hybridized carbons (Fsp3) is 0.438. The molecule has 0 bridgehead atoms. The number of carbonyl (C=O) groups is 1. The van der Waals surface area contributed by atoms with Gasteiger partial charge < -0.3 is 4.90 Å². The zero-order chi connectivity index (χ0) is 17.3. The highest BCUT2D eigenvalue weighted by atomic mass is 32.2. The lowest BCUT2D eigenvalue weighted by atomic mass is 9.93. The lowest BCUT2D eigenvalue weighted by Crippen LogP contribution is -2.39. The van der Waals surface area contributed by atoms with Gasteiger partial charge in [0.1, 0.15) is 5.69 Å². The van der Waals surface area contributed by atoms with Gasteiger partial charge >= 0.3 is 0 Å². The Kier molecular flexibility index (Phi) is 4.40. The molecule has 0 atom stereocenters. The predicted molar refractivity (Wildman–Crippen MR) is 88.4 cm³/mol. The summed E-state index contributed by atoms with van der Waals surface area (Å²) in [5.74, 6) is 0.00400. The lowest BCUT2D eigenvalue weighted by molar-refractivity contribution is 0.0700. The number of nitrogens with zero attached hydrogens (tertiary/aromatic N) is 4. The zero-order valence-electron chi connectivity index (χ0n) is 13.7. The van der Waals surface area contributed by atoms with E-state index in [2.05, 4.69) is 10.1 Å². The maximum absolute atomic E-state index is 12.5. The molecule has 0 aromatic carbocycles. The molecule has 1 aliphatic rings. The SMILES string of the molecule is Cn1nccc1C(=O)N1CCC(c2ncccc2S(C)(=O)=O)CC1. The average Bonchev–Trinajstić information content (AvgIpc) is 2.99. The summed E-state index contributed by atoms with van der Waals surface area (Å²) in [7, 11) is -1.57. The van der Waals surface area contributed by atoms with Gasteiger partial charge in [0, 0.05) is 44.7 Å². The molecule has 1 fully saturated rings. The third-order valence-electron chi connectivity index (χ3n) is 4.41. The zero-order valence-corrected chi connectivity index (χ0v) is 14.5. The molecule has 128 valence electrons. The minimum atomic E-state index is -3.31. The highest BCUT2D eigenvalue weighted by Gasteiger charge is 2.29. The second-order valence-electron chi connectivity index (χ2n) is 6.07. The minimum absolute atomic E-state index is 0.0437. The maximum atomic E-state index is 12.5. The molecule has 1 aliphatic heterocycles. The molecule has 1 amide bonds. The van der Waals surface area contributed by atoms with Gasteiger partial charge in [-0.25, -0.2) is 8.42 Å². The number of rotatable bonds is 3. The van der Waals surface area contributed by atoms with Crippen molar-refractivity contribution in [3.63, 3.8) is 0 Å². The third-order valence-corrected chi connectivity index (χ3v) is 5.55. The molecule has 7 nitrogen and oxygen atoms in total. The van der Waals surface area contributed by atoms with Crippen LogP contribution in [-0.2, 0) is 16.9 Å². The molecule has 0 N–H and O–H groups in total. The molecular weight excluding hydrogens is 328 g/mol. The van der Waals surface area contributed by atoms with E-state index in [1.165, 1.54) is 6.26 Å².